The van der Waals surface area contributed by atoms with Gasteiger partial charge in [-0.2, -0.15) is 0 Å². The third-order valence-corrected chi connectivity index (χ3v) is 4.35. The molecule has 0 fully saturated rings. The van der Waals surface area contributed by atoms with Crippen molar-refractivity contribution in [1.82, 2.24) is 9.47 Å². The van der Waals surface area contributed by atoms with Crippen molar-refractivity contribution < 1.29 is 0 Å². The van der Waals surface area contributed by atoms with Crippen LogP contribution < -0.4 is 0 Å². The van der Waals surface area contributed by atoms with E-state index in [1.165, 1.54) is 16.5 Å². The summed E-state index contributed by atoms with van der Waals surface area (Å²) in [6.45, 7) is 3.17. The molecular formula is C19H21ClN2. The van der Waals surface area contributed by atoms with Crippen molar-refractivity contribution in [3.8, 4) is 11.1 Å². The lowest BCUT2D eigenvalue weighted by Gasteiger charge is -2.20. The van der Waals surface area contributed by atoms with Gasteiger partial charge in [-0.3, -0.25) is 0 Å². The maximum atomic E-state index is 6.81. The summed E-state index contributed by atoms with van der Waals surface area (Å²) in [5.41, 5.74) is 3.49. The average Bonchev–Trinajstić information content (AvgIpc) is 2.79. The molecule has 1 atom stereocenters. The third-order valence-electron chi connectivity index (χ3n) is 3.98. The van der Waals surface area contributed by atoms with Gasteiger partial charge in [0.15, 0.2) is 0 Å². The Hall–Kier alpha value is -1.77. The molecule has 2 nitrogen and oxygen atoms in total. The summed E-state index contributed by atoms with van der Waals surface area (Å²) in [4.78, 5) is 2.19. The predicted octanol–water partition coefficient (Wildman–Crippen LogP) is 5.08. The van der Waals surface area contributed by atoms with Gasteiger partial charge < -0.3 is 9.47 Å². The monoisotopic (exact) mass is 312 g/mol. The number of nitrogens with zero attached hydrogens (tertiary/aromatic N) is 2. The second-order valence-electron chi connectivity index (χ2n) is 6.03. The van der Waals surface area contributed by atoms with E-state index in [4.69, 9.17) is 11.6 Å². The first-order chi connectivity index (χ1) is 10.6. The van der Waals surface area contributed by atoms with Gasteiger partial charge in [-0.25, -0.2) is 0 Å². The van der Waals surface area contributed by atoms with E-state index in [1.54, 1.807) is 0 Å². The molecule has 1 heterocycles. The second kappa shape index (κ2) is 6.15. The fourth-order valence-corrected chi connectivity index (χ4v) is 3.62. The highest BCUT2D eigenvalue weighted by molar-refractivity contribution is 6.35. The fourth-order valence-electron chi connectivity index (χ4n) is 3.15. The molecule has 0 saturated heterocycles. The van der Waals surface area contributed by atoms with Gasteiger partial charge in [-0.15, -0.1) is 0 Å². The van der Waals surface area contributed by atoms with E-state index in [0.717, 1.165) is 17.3 Å². The number of rotatable bonds is 4. The molecule has 0 spiro atoms. The molecule has 3 heteroatoms. The molecule has 22 heavy (non-hydrogen) atoms. The molecule has 1 aromatic heterocycles. The normalized spacial score (nSPS) is 13.0. The average molecular weight is 313 g/mol. The van der Waals surface area contributed by atoms with Crippen molar-refractivity contribution >= 4 is 22.5 Å². The molecule has 3 rings (SSSR count). The minimum absolute atomic E-state index is 0.310. The molecule has 0 radical (unpaired) electrons. The van der Waals surface area contributed by atoms with Crippen molar-refractivity contribution in [2.75, 3.05) is 20.6 Å². The van der Waals surface area contributed by atoms with Crippen molar-refractivity contribution in [3.63, 3.8) is 0 Å². The van der Waals surface area contributed by atoms with Crippen LogP contribution in [0.25, 0.3) is 22.0 Å². The van der Waals surface area contributed by atoms with Crippen molar-refractivity contribution in [3.05, 3.63) is 59.8 Å². The largest absolute Gasteiger partial charge is 0.327 e. The first kappa shape index (κ1) is 15.1. The molecule has 0 amide bonds. The van der Waals surface area contributed by atoms with Gasteiger partial charge in [0, 0.05) is 23.5 Å². The van der Waals surface area contributed by atoms with Gasteiger partial charge >= 0.3 is 0 Å². The molecule has 0 aliphatic carbocycles. The maximum Gasteiger partial charge on any atom is 0.118 e. The Morgan fingerprint density at radius 3 is 2.32 bits per heavy atom. The second-order valence-corrected chi connectivity index (χ2v) is 6.39. The number of aromatic nitrogens is 1. The molecule has 114 valence electrons. The Balaban J connectivity index is 2.24. The van der Waals surface area contributed by atoms with Gasteiger partial charge in [0.1, 0.15) is 5.15 Å². The van der Waals surface area contributed by atoms with E-state index in [9.17, 15) is 0 Å². The van der Waals surface area contributed by atoms with E-state index in [1.807, 2.05) is 6.07 Å². The summed E-state index contributed by atoms with van der Waals surface area (Å²) in [5.74, 6) is 0. The summed E-state index contributed by atoms with van der Waals surface area (Å²) in [5, 5.41) is 2.03. The molecule has 3 aromatic rings. The number of halogens is 1. The van der Waals surface area contributed by atoms with Gasteiger partial charge in [-0.1, -0.05) is 60.1 Å². The number of para-hydroxylation sites is 1. The van der Waals surface area contributed by atoms with Gasteiger partial charge in [0.05, 0.1) is 5.52 Å². The van der Waals surface area contributed by atoms with Crippen LogP contribution >= 0.6 is 11.6 Å². The Morgan fingerprint density at radius 2 is 1.64 bits per heavy atom. The summed E-state index contributed by atoms with van der Waals surface area (Å²) >= 11 is 6.81. The Bertz CT molecular complexity index is 775. The Labute approximate surface area is 136 Å². The first-order valence-electron chi connectivity index (χ1n) is 7.58. The summed E-state index contributed by atoms with van der Waals surface area (Å²) in [6.07, 6.45) is 0. The van der Waals surface area contributed by atoms with Crippen molar-refractivity contribution in [1.29, 1.82) is 0 Å². The van der Waals surface area contributed by atoms with Gasteiger partial charge in [-0.05, 0) is 32.6 Å². The lowest BCUT2D eigenvalue weighted by molar-refractivity contribution is 0.341. The lowest BCUT2D eigenvalue weighted by atomic mass is 10.1. The smallest absolute Gasteiger partial charge is 0.118 e. The number of likely N-dealkylation sites (N-methyl/N-ethyl adjacent to an activating group) is 1. The Kier molecular flexibility index (Phi) is 4.23. The lowest BCUT2D eigenvalue weighted by Crippen LogP contribution is -2.22. The highest BCUT2D eigenvalue weighted by Gasteiger charge is 2.20. The molecule has 1 unspecified atom stereocenters. The minimum atomic E-state index is 0.310. The Morgan fingerprint density at radius 1 is 1.00 bits per heavy atom. The highest BCUT2D eigenvalue weighted by atomic mass is 35.5. The number of benzene rings is 2. The molecular weight excluding hydrogens is 292 g/mol. The summed E-state index contributed by atoms with van der Waals surface area (Å²) < 4.78 is 2.25. The van der Waals surface area contributed by atoms with E-state index in [2.05, 4.69) is 79.0 Å². The zero-order valence-electron chi connectivity index (χ0n) is 13.3. The summed E-state index contributed by atoms with van der Waals surface area (Å²) in [7, 11) is 4.18. The zero-order chi connectivity index (χ0) is 15.7. The quantitative estimate of drug-likeness (QED) is 0.652. The molecule has 0 bridgehead atoms. The third kappa shape index (κ3) is 2.65. The van der Waals surface area contributed by atoms with Crippen molar-refractivity contribution in [2.45, 2.75) is 13.0 Å². The van der Waals surface area contributed by atoms with Crippen LogP contribution in [0.15, 0.2) is 54.6 Å². The van der Waals surface area contributed by atoms with Crippen LogP contribution in [0.3, 0.4) is 0 Å². The standard InChI is InChI=1S/C19H21ClN2/c1-14(13-21(2)3)22-17-12-8-7-11-16(17)18(19(22)20)15-9-5-4-6-10-15/h4-12,14H,13H2,1-3H3. The fraction of sp³-hybridized carbons (Fsp3) is 0.263. The van der Waals surface area contributed by atoms with Crippen LogP contribution in [0.4, 0.5) is 0 Å². The van der Waals surface area contributed by atoms with E-state index >= 15 is 0 Å². The SMILES string of the molecule is CC(CN(C)C)n1c(Cl)c(-c2ccccc2)c2ccccc21. The van der Waals surface area contributed by atoms with E-state index in [-0.39, 0.29) is 0 Å². The number of hydrogen-bond donors (Lipinski definition) is 0. The summed E-state index contributed by atoms with van der Waals surface area (Å²) in [6, 6.07) is 19.2. The minimum Gasteiger partial charge on any atom is -0.327 e. The maximum absolute atomic E-state index is 6.81. The molecule has 0 aliphatic rings. The highest BCUT2D eigenvalue weighted by Crippen LogP contribution is 2.39. The van der Waals surface area contributed by atoms with Crippen LogP contribution in [-0.4, -0.2) is 30.1 Å². The van der Waals surface area contributed by atoms with Crippen LogP contribution in [0, 0.1) is 0 Å². The van der Waals surface area contributed by atoms with Crippen molar-refractivity contribution in [2.24, 2.45) is 0 Å². The molecule has 0 aliphatic heterocycles. The van der Waals surface area contributed by atoms with E-state index in [0.29, 0.717) is 6.04 Å². The van der Waals surface area contributed by atoms with Gasteiger partial charge in [0.25, 0.3) is 0 Å². The van der Waals surface area contributed by atoms with Gasteiger partial charge in [0.2, 0.25) is 0 Å². The topological polar surface area (TPSA) is 8.17 Å². The number of hydrogen-bond acceptors (Lipinski definition) is 1. The van der Waals surface area contributed by atoms with Crippen LogP contribution in [0.5, 0.6) is 0 Å². The molecule has 0 saturated carbocycles. The predicted molar refractivity (Wildman–Crippen MR) is 95.6 cm³/mol. The van der Waals surface area contributed by atoms with Crippen LogP contribution in [0.2, 0.25) is 5.15 Å². The van der Waals surface area contributed by atoms with Crippen LogP contribution in [-0.2, 0) is 0 Å². The molecule has 0 N–H and O–H groups in total. The first-order valence-corrected chi connectivity index (χ1v) is 7.96. The van der Waals surface area contributed by atoms with Crippen LogP contribution in [0.1, 0.15) is 13.0 Å². The zero-order valence-corrected chi connectivity index (χ0v) is 14.0. The van der Waals surface area contributed by atoms with E-state index < -0.39 is 0 Å². The number of fused-ring (bicyclic) bond motifs is 1. The molecule has 2 aromatic carbocycles.